The van der Waals surface area contributed by atoms with Crippen LogP contribution >= 0.6 is 0 Å². The van der Waals surface area contributed by atoms with Crippen LogP contribution in [0.15, 0.2) is 49.1 Å². The van der Waals surface area contributed by atoms with Crippen LogP contribution in [0.3, 0.4) is 0 Å². The minimum Gasteiger partial charge on any atom is -0.325 e. The Labute approximate surface area is 182 Å². The van der Waals surface area contributed by atoms with Crippen LogP contribution in [-0.2, 0) is 0 Å². The molecule has 0 spiro atoms. The quantitative estimate of drug-likeness (QED) is 0.401. The molecule has 5 aromatic rings. The number of nitrogens with one attached hydrogen (secondary N) is 3. The first kappa shape index (κ1) is 18.8. The van der Waals surface area contributed by atoms with E-state index in [2.05, 4.69) is 40.8 Å². The number of anilines is 2. The molecule has 0 saturated carbocycles. The van der Waals surface area contributed by atoms with Crippen LogP contribution in [0, 0.1) is 5.82 Å². The zero-order valence-corrected chi connectivity index (χ0v) is 17.1. The van der Waals surface area contributed by atoms with E-state index in [9.17, 15) is 4.39 Å². The molecule has 0 aromatic carbocycles. The number of halogens is 1. The molecule has 6 rings (SSSR count). The molecule has 1 fully saturated rings. The lowest BCUT2D eigenvalue weighted by Gasteiger charge is -2.24. The highest BCUT2D eigenvalue weighted by Crippen LogP contribution is 2.28. The summed E-state index contributed by atoms with van der Waals surface area (Å²) in [6.45, 7) is 1.81. The summed E-state index contributed by atoms with van der Waals surface area (Å²) in [6.07, 6.45) is 8.37. The lowest BCUT2D eigenvalue weighted by Crippen LogP contribution is -2.29. The minimum atomic E-state index is -0.353. The van der Waals surface area contributed by atoms with E-state index in [0.717, 1.165) is 42.5 Å². The van der Waals surface area contributed by atoms with Gasteiger partial charge < -0.3 is 15.2 Å². The van der Waals surface area contributed by atoms with Crippen molar-refractivity contribution in [3.8, 4) is 11.4 Å². The molecule has 0 unspecified atom stereocenters. The Bertz CT molecular complexity index is 1410. The lowest BCUT2D eigenvalue weighted by atomic mass is 10.1. The first-order valence-electron chi connectivity index (χ1n) is 10.5. The fourth-order valence-electron chi connectivity index (χ4n) is 4.23. The van der Waals surface area contributed by atoms with Crippen molar-refractivity contribution in [1.82, 2.24) is 40.0 Å². The van der Waals surface area contributed by atoms with Gasteiger partial charge in [0.05, 0.1) is 17.4 Å². The average molecular weight is 429 g/mol. The molecule has 5 aromatic heterocycles. The first-order valence-corrected chi connectivity index (χ1v) is 10.5. The van der Waals surface area contributed by atoms with Gasteiger partial charge in [0, 0.05) is 36.1 Å². The van der Waals surface area contributed by atoms with Gasteiger partial charge in [-0.3, -0.25) is 15.1 Å². The summed E-state index contributed by atoms with van der Waals surface area (Å²) in [7, 11) is 0. The predicted octanol–water partition coefficient (Wildman–Crippen LogP) is 3.57. The third kappa shape index (κ3) is 3.25. The van der Waals surface area contributed by atoms with Gasteiger partial charge in [-0.05, 0) is 38.1 Å². The van der Waals surface area contributed by atoms with E-state index in [4.69, 9.17) is 0 Å². The van der Waals surface area contributed by atoms with Crippen LogP contribution in [0.25, 0.3) is 33.5 Å². The molecule has 0 atom stereocenters. The Hall–Kier alpha value is -3.92. The van der Waals surface area contributed by atoms with E-state index in [1.807, 2.05) is 28.8 Å². The molecule has 6 heterocycles. The van der Waals surface area contributed by atoms with Gasteiger partial charge in [-0.2, -0.15) is 5.10 Å². The summed E-state index contributed by atoms with van der Waals surface area (Å²) < 4.78 is 16.4. The van der Waals surface area contributed by atoms with Crippen molar-refractivity contribution >= 4 is 33.7 Å². The highest BCUT2D eigenvalue weighted by atomic mass is 19.1. The van der Waals surface area contributed by atoms with Crippen molar-refractivity contribution in [2.24, 2.45) is 0 Å². The predicted molar refractivity (Wildman–Crippen MR) is 119 cm³/mol. The molecule has 1 aliphatic heterocycles. The maximum Gasteiger partial charge on any atom is 0.168 e. The largest absolute Gasteiger partial charge is 0.325 e. The molecule has 1 saturated heterocycles. The van der Waals surface area contributed by atoms with Crippen molar-refractivity contribution in [1.29, 1.82) is 0 Å². The fraction of sp³-hybridized carbons (Fsp3) is 0.227. The van der Waals surface area contributed by atoms with E-state index in [-0.39, 0.29) is 17.4 Å². The molecule has 0 amide bonds. The number of pyridine rings is 2. The van der Waals surface area contributed by atoms with E-state index in [1.54, 1.807) is 12.4 Å². The second-order valence-corrected chi connectivity index (χ2v) is 7.82. The SMILES string of the molecule is Fc1cn(C2CCNCC2)c2nc(Nc3cc(-c4nccc5cccnc45)[nH]n3)cnc12. The summed E-state index contributed by atoms with van der Waals surface area (Å²) in [5.74, 6) is 0.700. The van der Waals surface area contributed by atoms with Crippen LogP contribution in [0.1, 0.15) is 18.9 Å². The van der Waals surface area contributed by atoms with Crippen molar-refractivity contribution in [2.45, 2.75) is 18.9 Å². The summed E-state index contributed by atoms with van der Waals surface area (Å²) in [5.41, 5.74) is 3.06. The number of nitrogens with zero attached hydrogens (tertiary/aromatic N) is 6. The number of piperidine rings is 1. The Morgan fingerprint density at radius 2 is 1.94 bits per heavy atom. The smallest absolute Gasteiger partial charge is 0.168 e. The highest BCUT2D eigenvalue weighted by Gasteiger charge is 2.21. The number of aromatic amines is 1. The Balaban J connectivity index is 1.32. The lowest BCUT2D eigenvalue weighted by molar-refractivity contribution is 0.372. The van der Waals surface area contributed by atoms with Gasteiger partial charge in [0.1, 0.15) is 11.2 Å². The standard InChI is InChI=1S/C22H20FN9/c23-15-12-32(14-4-7-24-8-5-14)22-20(15)27-11-18(29-22)28-17-10-16(30-31-17)21-19-13(3-9-26-21)2-1-6-25-19/h1-3,6,9-12,14,24H,4-5,7-8H2,(H2,28,29,30,31). The normalized spacial score (nSPS) is 14.9. The maximum atomic E-state index is 14.4. The average Bonchev–Trinajstić information content (AvgIpc) is 3.43. The van der Waals surface area contributed by atoms with Gasteiger partial charge in [0.25, 0.3) is 0 Å². The van der Waals surface area contributed by atoms with Crippen LogP contribution in [0.5, 0.6) is 0 Å². The van der Waals surface area contributed by atoms with Crippen LogP contribution in [0.2, 0.25) is 0 Å². The Morgan fingerprint density at radius 1 is 1.03 bits per heavy atom. The third-order valence-corrected chi connectivity index (χ3v) is 5.79. The number of H-pyrrole nitrogens is 1. The summed E-state index contributed by atoms with van der Waals surface area (Å²) in [5, 5.41) is 14.8. The van der Waals surface area contributed by atoms with E-state index >= 15 is 0 Å². The number of fused-ring (bicyclic) bond motifs is 2. The molecular weight excluding hydrogens is 409 g/mol. The number of hydrogen-bond donors (Lipinski definition) is 3. The van der Waals surface area contributed by atoms with E-state index < -0.39 is 0 Å². The molecule has 0 aliphatic carbocycles. The molecule has 0 bridgehead atoms. The molecule has 10 heteroatoms. The number of rotatable bonds is 4. The molecule has 1 aliphatic rings. The van der Waals surface area contributed by atoms with Crippen LogP contribution < -0.4 is 10.6 Å². The Kier molecular flexibility index (Phi) is 4.50. The van der Waals surface area contributed by atoms with Gasteiger partial charge in [0.15, 0.2) is 23.1 Å². The highest BCUT2D eigenvalue weighted by molar-refractivity contribution is 5.90. The molecule has 160 valence electrons. The Morgan fingerprint density at radius 3 is 2.84 bits per heavy atom. The molecule has 32 heavy (non-hydrogen) atoms. The molecule has 3 N–H and O–H groups in total. The fourth-order valence-corrected chi connectivity index (χ4v) is 4.23. The van der Waals surface area contributed by atoms with Crippen molar-refractivity contribution in [3.63, 3.8) is 0 Å². The van der Waals surface area contributed by atoms with Crippen molar-refractivity contribution in [2.75, 3.05) is 18.4 Å². The zero-order valence-electron chi connectivity index (χ0n) is 17.1. The summed E-state index contributed by atoms with van der Waals surface area (Å²) >= 11 is 0. The summed E-state index contributed by atoms with van der Waals surface area (Å²) in [6, 6.07) is 7.85. The van der Waals surface area contributed by atoms with Gasteiger partial charge in [-0.1, -0.05) is 6.07 Å². The van der Waals surface area contributed by atoms with Crippen molar-refractivity contribution in [3.05, 3.63) is 54.9 Å². The third-order valence-electron chi connectivity index (χ3n) is 5.79. The van der Waals surface area contributed by atoms with E-state index in [0.29, 0.717) is 23.0 Å². The topological polar surface area (TPSA) is 109 Å². The molecule has 0 radical (unpaired) electrons. The second-order valence-electron chi connectivity index (χ2n) is 7.82. The van der Waals surface area contributed by atoms with E-state index in [1.165, 1.54) is 12.4 Å². The first-order chi connectivity index (χ1) is 15.8. The summed E-state index contributed by atoms with van der Waals surface area (Å²) in [4.78, 5) is 17.9. The maximum absolute atomic E-state index is 14.4. The molecule has 9 nitrogen and oxygen atoms in total. The monoisotopic (exact) mass is 429 g/mol. The van der Waals surface area contributed by atoms with Gasteiger partial charge in [-0.25, -0.2) is 14.4 Å². The number of aromatic nitrogens is 7. The minimum absolute atomic E-state index is 0.203. The van der Waals surface area contributed by atoms with Crippen LogP contribution in [-0.4, -0.2) is 47.8 Å². The second kappa shape index (κ2) is 7.65. The van der Waals surface area contributed by atoms with Crippen LogP contribution in [0.4, 0.5) is 16.0 Å². The van der Waals surface area contributed by atoms with Crippen molar-refractivity contribution < 1.29 is 4.39 Å². The number of hydrogen-bond acceptors (Lipinski definition) is 7. The molecular formula is C22H20FN9. The zero-order chi connectivity index (χ0) is 21.5. The van der Waals surface area contributed by atoms with Gasteiger partial charge in [-0.15, -0.1) is 0 Å². The van der Waals surface area contributed by atoms with Gasteiger partial charge in [0.2, 0.25) is 0 Å². The van der Waals surface area contributed by atoms with Gasteiger partial charge >= 0.3 is 0 Å².